The van der Waals surface area contributed by atoms with Gasteiger partial charge in [-0.2, -0.15) is 4.90 Å². The molecule has 0 aliphatic rings. The summed E-state index contributed by atoms with van der Waals surface area (Å²) in [7, 11) is 0. The van der Waals surface area contributed by atoms with Crippen LogP contribution in [-0.4, -0.2) is 40.9 Å². The van der Waals surface area contributed by atoms with E-state index in [0.29, 0.717) is 11.1 Å². The molecule has 166 valence electrons. The molecule has 1 heterocycles. The molecule has 0 radical (unpaired) electrons. The highest BCUT2D eigenvalue weighted by atomic mass is 16.6. The molecule has 0 unspecified atom stereocenters. The lowest BCUT2D eigenvalue weighted by Gasteiger charge is -2.28. The number of ether oxygens (including phenoxy) is 3. The summed E-state index contributed by atoms with van der Waals surface area (Å²) in [6.45, 7) is 17.7. The molecule has 0 bridgehead atoms. The number of aromatic nitrogens is 1. The highest BCUT2D eigenvalue weighted by Gasteiger charge is 2.33. The maximum Gasteiger partial charge on any atom is 0.425 e. The molecule has 2 amide bonds. The fraction of sp³-hybridized carbons (Fsp3) is 0.545. The minimum absolute atomic E-state index is 0.0569. The summed E-state index contributed by atoms with van der Waals surface area (Å²) in [5.74, 6) is -0.424. The summed E-state index contributed by atoms with van der Waals surface area (Å²) >= 11 is 0. The van der Waals surface area contributed by atoms with Crippen LogP contribution in [0.5, 0.6) is 0 Å². The SMILES string of the molecule is C=C(Cc1cnc(N(C(=O)OC(C)(C)C)C(=O)OC(C)(C)C)cc1C)C(=O)OCC. The summed E-state index contributed by atoms with van der Waals surface area (Å²) in [6, 6.07) is 1.56. The van der Waals surface area contributed by atoms with Gasteiger partial charge in [0.15, 0.2) is 0 Å². The maximum atomic E-state index is 12.7. The Morgan fingerprint density at radius 1 is 1.03 bits per heavy atom. The van der Waals surface area contributed by atoms with E-state index in [4.69, 9.17) is 14.2 Å². The number of amides is 2. The fourth-order valence-electron chi connectivity index (χ4n) is 2.29. The fourth-order valence-corrected chi connectivity index (χ4v) is 2.29. The Morgan fingerprint density at radius 3 is 1.93 bits per heavy atom. The first-order chi connectivity index (χ1) is 13.6. The molecule has 1 aromatic rings. The van der Waals surface area contributed by atoms with Crippen LogP contribution in [0.3, 0.4) is 0 Å². The highest BCUT2D eigenvalue weighted by molar-refractivity contribution is 6.08. The zero-order valence-corrected chi connectivity index (χ0v) is 19.1. The Bertz CT molecular complexity index is 790. The van der Waals surface area contributed by atoms with Gasteiger partial charge in [0.1, 0.15) is 17.0 Å². The summed E-state index contributed by atoms with van der Waals surface area (Å²) in [5.41, 5.74) is 0.0753. The molecule has 0 aliphatic heterocycles. The van der Waals surface area contributed by atoms with Crippen molar-refractivity contribution in [3.05, 3.63) is 35.5 Å². The largest absolute Gasteiger partial charge is 0.463 e. The average molecular weight is 421 g/mol. The van der Waals surface area contributed by atoms with E-state index in [-0.39, 0.29) is 24.4 Å². The number of imide groups is 1. The first-order valence-corrected chi connectivity index (χ1v) is 9.71. The van der Waals surface area contributed by atoms with Crippen molar-refractivity contribution < 1.29 is 28.6 Å². The predicted molar refractivity (Wildman–Crippen MR) is 113 cm³/mol. The third kappa shape index (κ3) is 7.85. The van der Waals surface area contributed by atoms with E-state index >= 15 is 0 Å². The van der Waals surface area contributed by atoms with Crippen LogP contribution in [0.15, 0.2) is 24.4 Å². The van der Waals surface area contributed by atoms with E-state index in [2.05, 4.69) is 11.6 Å². The molecule has 0 N–H and O–H groups in total. The lowest BCUT2D eigenvalue weighted by Crippen LogP contribution is -2.44. The van der Waals surface area contributed by atoms with Crippen LogP contribution in [0.1, 0.15) is 59.6 Å². The van der Waals surface area contributed by atoms with Gasteiger partial charge in [0.05, 0.1) is 6.61 Å². The van der Waals surface area contributed by atoms with Gasteiger partial charge in [-0.15, -0.1) is 0 Å². The summed E-state index contributed by atoms with van der Waals surface area (Å²) in [5, 5.41) is 0. The number of nitrogens with zero attached hydrogens (tertiary/aromatic N) is 2. The Morgan fingerprint density at radius 2 is 1.53 bits per heavy atom. The van der Waals surface area contributed by atoms with Gasteiger partial charge in [0.25, 0.3) is 0 Å². The Labute approximate surface area is 178 Å². The predicted octanol–water partition coefficient (Wildman–Crippen LogP) is 4.73. The van der Waals surface area contributed by atoms with Crippen molar-refractivity contribution in [2.24, 2.45) is 0 Å². The third-order valence-corrected chi connectivity index (χ3v) is 3.55. The number of aryl methyl sites for hydroxylation is 1. The van der Waals surface area contributed by atoms with Crippen LogP contribution in [0.4, 0.5) is 15.4 Å². The average Bonchev–Trinajstić information content (AvgIpc) is 2.54. The molecule has 0 saturated carbocycles. The van der Waals surface area contributed by atoms with Gasteiger partial charge >= 0.3 is 18.2 Å². The smallest absolute Gasteiger partial charge is 0.425 e. The molecule has 0 spiro atoms. The van der Waals surface area contributed by atoms with Crippen molar-refractivity contribution in [1.82, 2.24) is 4.98 Å². The summed E-state index contributed by atoms with van der Waals surface area (Å²) in [4.78, 5) is 42.2. The molecular weight excluding hydrogens is 388 g/mol. The molecule has 1 aromatic heterocycles. The van der Waals surface area contributed by atoms with Crippen LogP contribution in [0.25, 0.3) is 0 Å². The molecule has 8 heteroatoms. The van der Waals surface area contributed by atoms with Gasteiger partial charge in [-0.25, -0.2) is 19.4 Å². The lowest BCUT2D eigenvalue weighted by atomic mass is 10.0. The van der Waals surface area contributed by atoms with Crippen molar-refractivity contribution in [3.8, 4) is 0 Å². The zero-order chi connectivity index (χ0) is 23.3. The normalized spacial score (nSPS) is 11.5. The minimum Gasteiger partial charge on any atom is -0.463 e. The monoisotopic (exact) mass is 420 g/mol. The third-order valence-electron chi connectivity index (χ3n) is 3.55. The summed E-state index contributed by atoms with van der Waals surface area (Å²) in [6.07, 6.45) is -0.0761. The Hall–Kier alpha value is -2.90. The molecule has 1 rings (SSSR count). The van der Waals surface area contributed by atoms with Gasteiger partial charge in [-0.05, 0) is 72.6 Å². The topological polar surface area (TPSA) is 95.0 Å². The molecule has 0 saturated heterocycles. The maximum absolute atomic E-state index is 12.7. The second-order valence-corrected chi connectivity index (χ2v) is 8.77. The first kappa shape index (κ1) is 25.1. The highest BCUT2D eigenvalue weighted by Crippen LogP contribution is 2.23. The van der Waals surface area contributed by atoms with E-state index < -0.39 is 29.4 Å². The summed E-state index contributed by atoms with van der Waals surface area (Å²) < 4.78 is 15.7. The number of rotatable bonds is 5. The molecule has 0 atom stereocenters. The van der Waals surface area contributed by atoms with E-state index in [1.807, 2.05) is 0 Å². The number of pyridine rings is 1. The number of carbonyl (C=O) groups is 3. The van der Waals surface area contributed by atoms with Gasteiger partial charge in [0.2, 0.25) is 0 Å². The van der Waals surface area contributed by atoms with E-state index in [1.54, 1.807) is 61.5 Å². The second-order valence-electron chi connectivity index (χ2n) is 8.77. The van der Waals surface area contributed by atoms with Crippen molar-refractivity contribution >= 4 is 24.0 Å². The van der Waals surface area contributed by atoms with Gasteiger partial charge in [-0.1, -0.05) is 6.58 Å². The number of carbonyl (C=O) groups excluding carboxylic acids is 3. The molecule has 0 aromatic carbocycles. The number of esters is 1. The Balaban J connectivity index is 3.22. The number of hydrogen-bond donors (Lipinski definition) is 0. The van der Waals surface area contributed by atoms with Gasteiger partial charge in [-0.3, -0.25) is 0 Å². The van der Waals surface area contributed by atoms with Crippen LogP contribution in [0, 0.1) is 6.92 Å². The molecular formula is C22H32N2O6. The number of hydrogen-bond acceptors (Lipinski definition) is 7. The van der Waals surface area contributed by atoms with E-state index in [1.165, 1.54) is 6.20 Å². The molecule has 30 heavy (non-hydrogen) atoms. The quantitative estimate of drug-likeness (QED) is 0.386. The van der Waals surface area contributed by atoms with Crippen molar-refractivity contribution in [2.75, 3.05) is 11.5 Å². The van der Waals surface area contributed by atoms with Gasteiger partial charge in [0, 0.05) is 18.2 Å². The van der Waals surface area contributed by atoms with Crippen molar-refractivity contribution in [1.29, 1.82) is 0 Å². The Kier molecular flexibility index (Phi) is 8.16. The van der Waals surface area contributed by atoms with Crippen LogP contribution < -0.4 is 4.90 Å². The van der Waals surface area contributed by atoms with Crippen LogP contribution in [-0.2, 0) is 25.4 Å². The van der Waals surface area contributed by atoms with E-state index in [9.17, 15) is 14.4 Å². The zero-order valence-electron chi connectivity index (χ0n) is 19.1. The molecule has 0 fully saturated rings. The second kappa shape index (κ2) is 9.73. The van der Waals surface area contributed by atoms with Crippen molar-refractivity contribution in [3.63, 3.8) is 0 Å². The standard InChI is InChI=1S/C22H32N2O6/c1-10-28-18(25)15(3)11-16-13-23-17(12-14(16)2)24(19(26)29-21(4,5)6)20(27)30-22(7,8)9/h12-13H,3,10-11H2,1-2,4-9H3. The van der Waals surface area contributed by atoms with E-state index in [0.717, 1.165) is 4.90 Å². The molecule has 0 aliphatic carbocycles. The number of anilines is 1. The van der Waals surface area contributed by atoms with Crippen LogP contribution >= 0.6 is 0 Å². The molecule has 8 nitrogen and oxygen atoms in total. The lowest BCUT2D eigenvalue weighted by molar-refractivity contribution is -0.138. The van der Waals surface area contributed by atoms with Gasteiger partial charge < -0.3 is 14.2 Å². The van der Waals surface area contributed by atoms with Crippen molar-refractivity contribution in [2.45, 2.75) is 73.0 Å². The minimum atomic E-state index is -0.896. The first-order valence-electron chi connectivity index (χ1n) is 9.71. The van der Waals surface area contributed by atoms with Crippen LogP contribution in [0.2, 0.25) is 0 Å².